The summed E-state index contributed by atoms with van der Waals surface area (Å²) in [6.45, 7) is 2.26. The van der Waals surface area contributed by atoms with Gasteiger partial charge in [0.05, 0.1) is 0 Å². The minimum Gasteiger partial charge on any atom is -0.507 e. The third-order valence-electron chi connectivity index (χ3n) is 4.90. The van der Waals surface area contributed by atoms with Crippen molar-refractivity contribution in [3.05, 3.63) is 29.3 Å². The summed E-state index contributed by atoms with van der Waals surface area (Å²) < 4.78 is 0. The molecule has 0 fully saturated rings. The quantitative estimate of drug-likeness (QED) is 0.346. The molecule has 0 aromatic heterocycles. The van der Waals surface area contributed by atoms with E-state index in [1.807, 2.05) is 6.07 Å². The SMILES string of the molecule is CCCCCCCCCCCCCCCc1cccc(C(=O)O)c1O. The van der Waals surface area contributed by atoms with E-state index in [1.54, 1.807) is 6.07 Å². The van der Waals surface area contributed by atoms with Crippen molar-refractivity contribution in [2.45, 2.75) is 96.8 Å². The summed E-state index contributed by atoms with van der Waals surface area (Å²) in [6, 6.07) is 4.98. The molecule has 0 amide bonds. The molecule has 0 spiro atoms. The first-order valence-corrected chi connectivity index (χ1v) is 10.2. The van der Waals surface area contributed by atoms with Gasteiger partial charge in [-0.25, -0.2) is 4.79 Å². The highest BCUT2D eigenvalue weighted by Gasteiger charge is 2.12. The number of para-hydroxylation sites is 1. The van der Waals surface area contributed by atoms with Crippen molar-refractivity contribution >= 4 is 5.97 Å². The number of rotatable bonds is 15. The van der Waals surface area contributed by atoms with Crippen LogP contribution in [0.3, 0.4) is 0 Å². The fourth-order valence-electron chi connectivity index (χ4n) is 3.30. The Morgan fingerprint density at radius 1 is 0.800 bits per heavy atom. The number of hydrogen-bond donors (Lipinski definition) is 2. The molecule has 0 heterocycles. The molecule has 0 unspecified atom stereocenters. The predicted molar refractivity (Wildman–Crippen MR) is 104 cm³/mol. The smallest absolute Gasteiger partial charge is 0.339 e. The molecule has 0 aliphatic rings. The molecule has 3 nitrogen and oxygen atoms in total. The molecular formula is C22H36O3. The molecule has 1 rings (SSSR count). The van der Waals surface area contributed by atoms with E-state index in [2.05, 4.69) is 6.92 Å². The van der Waals surface area contributed by atoms with Crippen LogP contribution in [0.25, 0.3) is 0 Å². The predicted octanol–water partition coefficient (Wildman–Crippen LogP) is 6.72. The van der Waals surface area contributed by atoms with Crippen molar-refractivity contribution in [3.63, 3.8) is 0 Å². The van der Waals surface area contributed by atoms with Crippen LogP contribution in [0.5, 0.6) is 5.75 Å². The number of carboxylic acids is 1. The van der Waals surface area contributed by atoms with Crippen LogP contribution in [-0.4, -0.2) is 16.2 Å². The van der Waals surface area contributed by atoms with Crippen molar-refractivity contribution in [2.75, 3.05) is 0 Å². The Balaban J connectivity index is 1.99. The van der Waals surface area contributed by atoms with Gasteiger partial charge in [-0.1, -0.05) is 96.1 Å². The van der Waals surface area contributed by atoms with Crippen molar-refractivity contribution in [2.24, 2.45) is 0 Å². The molecule has 0 saturated heterocycles. The second-order valence-electron chi connectivity index (χ2n) is 7.11. The van der Waals surface area contributed by atoms with Crippen molar-refractivity contribution in [3.8, 4) is 5.75 Å². The van der Waals surface area contributed by atoms with E-state index in [4.69, 9.17) is 5.11 Å². The molecule has 0 bridgehead atoms. The maximum Gasteiger partial charge on any atom is 0.339 e. The molecule has 1 aromatic carbocycles. The van der Waals surface area contributed by atoms with E-state index >= 15 is 0 Å². The number of phenols is 1. The first kappa shape index (κ1) is 21.5. The Hall–Kier alpha value is -1.51. The van der Waals surface area contributed by atoms with Crippen LogP contribution < -0.4 is 0 Å². The number of carboxylic acid groups (broad SMARTS) is 1. The van der Waals surface area contributed by atoms with Crippen LogP contribution in [0.2, 0.25) is 0 Å². The Bertz CT molecular complexity index is 482. The molecule has 0 aliphatic heterocycles. The molecular weight excluding hydrogens is 312 g/mol. The van der Waals surface area contributed by atoms with Gasteiger partial charge >= 0.3 is 5.97 Å². The third kappa shape index (κ3) is 9.52. The van der Waals surface area contributed by atoms with Crippen LogP contribution >= 0.6 is 0 Å². The van der Waals surface area contributed by atoms with Gasteiger partial charge in [0, 0.05) is 0 Å². The highest BCUT2D eigenvalue weighted by Crippen LogP contribution is 2.24. The average molecular weight is 349 g/mol. The highest BCUT2D eigenvalue weighted by molar-refractivity contribution is 5.91. The zero-order valence-corrected chi connectivity index (χ0v) is 15.9. The van der Waals surface area contributed by atoms with Gasteiger partial charge in [-0.3, -0.25) is 0 Å². The number of aryl methyl sites for hydroxylation is 1. The summed E-state index contributed by atoms with van der Waals surface area (Å²) in [6.07, 6.45) is 17.8. The third-order valence-corrected chi connectivity index (χ3v) is 4.90. The first-order valence-electron chi connectivity index (χ1n) is 10.2. The molecule has 142 valence electrons. The van der Waals surface area contributed by atoms with E-state index in [1.165, 1.54) is 76.7 Å². The summed E-state index contributed by atoms with van der Waals surface area (Å²) in [5, 5.41) is 19.0. The van der Waals surface area contributed by atoms with E-state index in [9.17, 15) is 9.90 Å². The van der Waals surface area contributed by atoms with Crippen molar-refractivity contribution in [1.29, 1.82) is 0 Å². The van der Waals surface area contributed by atoms with Crippen molar-refractivity contribution in [1.82, 2.24) is 0 Å². The fraction of sp³-hybridized carbons (Fsp3) is 0.682. The van der Waals surface area contributed by atoms with Crippen molar-refractivity contribution < 1.29 is 15.0 Å². The van der Waals surface area contributed by atoms with Gasteiger partial charge in [0.2, 0.25) is 0 Å². The highest BCUT2D eigenvalue weighted by atomic mass is 16.4. The van der Waals surface area contributed by atoms with Gasteiger partial charge < -0.3 is 10.2 Å². The Morgan fingerprint density at radius 2 is 1.28 bits per heavy atom. The maximum atomic E-state index is 11.0. The van der Waals surface area contributed by atoms with Crippen LogP contribution in [0, 0.1) is 0 Å². The van der Waals surface area contributed by atoms with Gasteiger partial charge in [-0.05, 0) is 24.5 Å². The molecule has 1 aromatic rings. The number of benzene rings is 1. The lowest BCUT2D eigenvalue weighted by Gasteiger charge is -2.07. The maximum absolute atomic E-state index is 11.0. The summed E-state index contributed by atoms with van der Waals surface area (Å²) in [5.41, 5.74) is 0.759. The first-order chi connectivity index (χ1) is 12.2. The fourth-order valence-corrected chi connectivity index (χ4v) is 3.30. The number of aromatic hydroxyl groups is 1. The van der Waals surface area contributed by atoms with E-state index in [0.717, 1.165) is 24.8 Å². The molecule has 25 heavy (non-hydrogen) atoms. The largest absolute Gasteiger partial charge is 0.507 e. The van der Waals surface area contributed by atoms with Gasteiger partial charge in [0.15, 0.2) is 0 Å². The number of aromatic carboxylic acids is 1. The second kappa shape index (κ2) is 13.7. The molecule has 0 aliphatic carbocycles. The summed E-state index contributed by atoms with van der Waals surface area (Å²) in [5.74, 6) is -1.13. The monoisotopic (exact) mass is 348 g/mol. The van der Waals surface area contributed by atoms with E-state index in [0.29, 0.717) is 0 Å². The topological polar surface area (TPSA) is 57.5 Å². The average Bonchev–Trinajstić information content (AvgIpc) is 2.60. The van der Waals surface area contributed by atoms with Gasteiger partial charge in [0.25, 0.3) is 0 Å². The van der Waals surface area contributed by atoms with Gasteiger partial charge in [-0.2, -0.15) is 0 Å². The normalized spacial score (nSPS) is 10.9. The Morgan fingerprint density at radius 3 is 1.76 bits per heavy atom. The minimum atomic E-state index is -1.07. The van der Waals surface area contributed by atoms with Crippen LogP contribution in [0.1, 0.15) is 106 Å². The standard InChI is InChI=1S/C22H36O3/c1-2-3-4-5-6-7-8-9-10-11-12-13-14-16-19-17-15-18-20(21(19)23)22(24)25/h15,17-18,23H,2-14,16H2,1H3,(H,24,25). The summed E-state index contributed by atoms with van der Waals surface area (Å²) >= 11 is 0. The van der Waals surface area contributed by atoms with E-state index in [-0.39, 0.29) is 11.3 Å². The molecule has 0 radical (unpaired) electrons. The zero-order chi connectivity index (χ0) is 18.3. The molecule has 0 atom stereocenters. The minimum absolute atomic E-state index is 0.00666. The lowest BCUT2D eigenvalue weighted by molar-refractivity contribution is 0.0693. The lowest BCUT2D eigenvalue weighted by atomic mass is 10.0. The summed E-state index contributed by atoms with van der Waals surface area (Å²) in [7, 11) is 0. The zero-order valence-electron chi connectivity index (χ0n) is 15.9. The molecule has 0 saturated carbocycles. The number of unbranched alkanes of at least 4 members (excludes halogenated alkanes) is 12. The lowest BCUT2D eigenvalue weighted by Crippen LogP contribution is -1.99. The van der Waals surface area contributed by atoms with Crippen LogP contribution in [0.15, 0.2) is 18.2 Å². The summed E-state index contributed by atoms with van der Waals surface area (Å²) in [4.78, 5) is 11.0. The van der Waals surface area contributed by atoms with Crippen LogP contribution in [-0.2, 0) is 6.42 Å². The molecule has 2 N–H and O–H groups in total. The van der Waals surface area contributed by atoms with Crippen LogP contribution in [0.4, 0.5) is 0 Å². The van der Waals surface area contributed by atoms with E-state index < -0.39 is 5.97 Å². The second-order valence-corrected chi connectivity index (χ2v) is 7.11. The Labute approximate surface area is 153 Å². The Kier molecular flexibility index (Phi) is 11.8. The van der Waals surface area contributed by atoms with Gasteiger partial charge in [0.1, 0.15) is 11.3 Å². The molecule has 3 heteroatoms. The van der Waals surface area contributed by atoms with Gasteiger partial charge in [-0.15, -0.1) is 0 Å². The number of carbonyl (C=O) groups is 1. The number of hydrogen-bond acceptors (Lipinski definition) is 2.